The highest BCUT2D eigenvalue weighted by molar-refractivity contribution is 5.87. The summed E-state index contributed by atoms with van der Waals surface area (Å²) in [7, 11) is 1.17. The average molecular weight is 272 g/mol. The van der Waals surface area contributed by atoms with Crippen molar-refractivity contribution in [1.29, 1.82) is 0 Å². The molecule has 2 aromatic rings. The van der Waals surface area contributed by atoms with Crippen LogP contribution in [-0.2, 0) is 10.9 Å². The molecule has 0 atom stereocenters. The van der Waals surface area contributed by atoms with Crippen molar-refractivity contribution in [1.82, 2.24) is 19.7 Å². The van der Waals surface area contributed by atoms with E-state index in [9.17, 15) is 18.0 Å². The molecule has 0 fully saturated rings. The summed E-state index contributed by atoms with van der Waals surface area (Å²) in [6.07, 6.45) is -2.02. The fraction of sp³-hybridized carbons (Fsp3) is 0.200. The standard InChI is InChI=1S/C10H7F3N4O2/c1-19-9(18)7-2-8(15-5-14-7)17-4-6(3-16-17)10(11,12)13/h2-5H,1H3. The van der Waals surface area contributed by atoms with E-state index in [1.807, 2.05) is 0 Å². The molecule has 6 nitrogen and oxygen atoms in total. The number of carbonyl (C=O) groups is 1. The Hall–Kier alpha value is -2.45. The van der Waals surface area contributed by atoms with Gasteiger partial charge in [-0.15, -0.1) is 0 Å². The third-order valence-corrected chi connectivity index (χ3v) is 2.19. The summed E-state index contributed by atoms with van der Waals surface area (Å²) in [6, 6.07) is 1.18. The first-order valence-corrected chi connectivity index (χ1v) is 4.94. The molecule has 0 aliphatic carbocycles. The Morgan fingerprint density at radius 2 is 2.11 bits per heavy atom. The smallest absolute Gasteiger partial charge is 0.419 e. The monoisotopic (exact) mass is 272 g/mol. The van der Waals surface area contributed by atoms with E-state index in [4.69, 9.17) is 0 Å². The number of carbonyl (C=O) groups excluding carboxylic acids is 1. The molecule has 100 valence electrons. The summed E-state index contributed by atoms with van der Waals surface area (Å²) in [5.74, 6) is -0.683. The summed E-state index contributed by atoms with van der Waals surface area (Å²) in [4.78, 5) is 18.6. The topological polar surface area (TPSA) is 69.9 Å². The zero-order chi connectivity index (χ0) is 14.0. The van der Waals surface area contributed by atoms with Crippen molar-refractivity contribution < 1.29 is 22.7 Å². The van der Waals surface area contributed by atoms with Crippen LogP contribution in [0.4, 0.5) is 13.2 Å². The molecule has 0 unspecified atom stereocenters. The SMILES string of the molecule is COC(=O)c1cc(-n2cc(C(F)(F)F)cn2)ncn1. The molecular formula is C10H7F3N4O2. The lowest BCUT2D eigenvalue weighted by Gasteiger charge is -2.03. The van der Waals surface area contributed by atoms with Crippen molar-refractivity contribution in [2.24, 2.45) is 0 Å². The van der Waals surface area contributed by atoms with Gasteiger partial charge in [0.05, 0.1) is 18.9 Å². The van der Waals surface area contributed by atoms with E-state index in [-0.39, 0.29) is 11.5 Å². The number of aromatic nitrogens is 4. The zero-order valence-electron chi connectivity index (χ0n) is 9.55. The molecule has 0 bridgehead atoms. The highest BCUT2D eigenvalue weighted by Crippen LogP contribution is 2.28. The fourth-order valence-electron chi connectivity index (χ4n) is 1.28. The maximum Gasteiger partial charge on any atom is 0.419 e. The number of rotatable bonds is 2. The minimum atomic E-state index is -4.49. The van der Waals surface area contributed by atoms with Crippen LogP contribution in [0.25, 0.3) is 5.82 Å². The second kappa shape index (κ2) is 4.67. The van der Waals surface area contributed by atoms with Crippen LogP contribution in [-0.4, -0.2) is 32.8 Å². The van der Waals surface area contributed by atoms with Crippen LogP contribution in [0.15, 0.2) is 24.8 Å². The number of esters is 1. The second-order valence-electron chi connectivity index (χ2n) is 3.42. The Bertz CT molecular complexity index is 609. The van der Waals surface area contributed by atoms with Crippen molar-refractivity contribution in [3.05, 3.63) is 36.0 Å². The molecule has 0 spiro atoms. The summed E-state index contributed by atoms with van der Waals surface area (Å²) in [5, 5.41) is 3.53. The molecule has 0 aliphatic heterocycles. The Morgan fingerprint density at radius 1 is 1.37 bits per heavy atom. The van der Waals surface area contributed by atoms with Crippen LogP contribution in [0.1, 0.15) is 16.1 Å². The van der Waals surface area contributed by atoms with E-state index >= 15 is 0 Å². The molecular weight excluding hydrogens is 265 g/mol. The number of hydrogen-bond donors (Lipinski definition) is 0. The third kappa shape index (κ3) is 2.69. The molecule has 0 amide bonds. The van der Waals surface area contributed by atoms with Gasteiger partial charge in [0, 0.05) is 12.3 Å². The average Bonchev–Trinajstić information content (AvgIpc) is 2.87. The second-order valence-corrected chi connectivity index (χ2v) is 3.42. The molecule has 9 heteroatoms. The van der Waals surface area contributed by atoms with Gasteiger partial charge in [-0.3, -0.25) is 0 Å². The van der Waals surface area contributed by atoms with Crippen LogP contribution < -0.4 is 0 Å². The lowest BCUT2D eigenvalue weighted by Crippen LogP contribution is -2.08. The number of nitrogens with zero attached hydrogens (tertiary/aromatic N) is 4. The largest absolute Gasteiger partial charge is 0.464 e. The van der Waals surface area contributed by atoms with Gasteiger partial charge >= 0.3 is 12.1 Å². The molecule has 2 rings (SSSR count). The third-order valence-electron chi connectivity index (χ3n) is 2.19. The Kier molecular flexibility index (Phi) is 3.19. The first kappa shape index (κ1) is 13.0. The van der Waals surface area contributed by atoms with Crippen LogP contribution in [0.3, 0.4) is 0 Å². The van der Waals surface area contributed by atoms with Crippen molar-refractivity contribution in [2.75, 3.05) is 7.11 Å². The number of alkyl halides is 3. The molecule has 0 N–H and O–H groups in total. The van der Waals surface area contributed by atoms with Crippen molar-refractivity contribution in [3.63, 3.8) is 0 Å². The van der Waals surface area contributed by atoms with Gasteiger partial charge in [-0.25, -0.2) is 19.4 Å². The predicted molar refractivity (Wildman–Crippen MR) is 55.5 cm³/mol. The first-order chi connectivity index (χ1) is 8.91. The Balaban J connectivity index is 2.37. The molecule has 0 saturated carbocycles. The molecule has 0 aromatic carbocycles. The number of ether oxygens (including phenoxy) is 1. The quantitative estimate of drug-likeness (QED) is 0.774. The van der Waals surface area contributed by atoms with Gasteiger partial charge in [-0.1, -0.05) is 0 Å². The molecule has 0 aliphatic rings. The maximum atomic E-state index is 12.4. The lowest BCUT2D eigenvalue weighted by molar-refractivity contribution is -0.137. The zero-order valence-corrected chi connectivity index (χ0v) is 9.55. The highest BCUT2D eigenvalue weighted by Gasteiger charge is 2.32. The number of hydrogen-bond acceptors (Lipinski definition) is 5. The van der Waals surface area contributed by atoms with E-state index in [0.717, 1.165) is 17.2 Å². The predicted octanol–water partition coefficient (Wildman–Crippen LogP) is 1.47. The molecule has 0 saturated heterocycles. The van der Waals surface area contributed by atoms with E-state index in [1.54, 1.807) is 0 Å². The van der Waals surface area contributed by atoms with Crippen molar-refractivity contribution in [3.8, 4) is 5.82 Å². The lowest BCUT2D eigenvalue weighted by atomic mass is 10.3. The van der Waals surface area contributed by atoms with Gasteiger partial charge in [-0.05, 0) is 0 Å². The summed E-state index contributed by atoms with van der Waals surface area (Å²) in [6.45, 7) is 0. The summed E-state index contributed by atoms with van der Waals surface area (Å²) < 4.78 is 42.6. The number of halogens is 3. The van der Waals surface area contributed by atoms with Gasteiger partial charge < -0.3 is 4.74 Å². The van der Waals surface area contributed by atoms with Crippen LogP contribution in [0.5, 0.6) is 0 Å². The Morgan fingerprint density at radius 3 is 2.68 bits per heavy atom. The van der Waals surface area contributed by atoms with Crippen LogP contribution >= 0.6 is 0 Å². The van der Waals surface area contributed by atoms with Gasteiger partial charge in [-0.2, -0.15) is 18.3 Å². The number of methoxy groups -OCH3 is 1. The molecule has 19 heavy (non-hydrogen) atoms. The highest BCUT2D eigenvalue weighted by atomic mass is 19.4. The van der Waals surface area contributed by atoms with Gasteiger partial charge in [0.15, 0.2) is 11.5 Å². The normalized spacial score (nSPS) is 11.4. The van der Waals surface area contributed by atoms with E-state index in [2.05, 4.69) is 19.8 Å². The van der Waals surface area contributed by atoms with Crippen LogP contribution in [0.2, 0.25) is 0 Å². The summed E-state index contributed by atoms with van der Waals surface area (Å²) in [5.41, 5.74) is -0.984. The fourth-order valence-corrected chi connectivity index (χ4v) is 1.28. The molecule has 0 radical (unpaired) electrons. The minimum Gasteiger partial charge on any atom is -0.464 e. The van der Waals surface area contributed by atoms with Gasteiger partial charge in [0.2, 0.25) is 0 Å². The van der Waals surface area contributed by atoms with Crippen molar-refractivity contribution in [2.45, 2.75) is 6.18 Å². The molecule has 2 aromatic heterocycles. The summed E-state index contributed by atoms with van der Waals surface area (Å²) >= 11 is 0. The van der Waals surface area contributed by atoms with E-state index in [0.29, 0.717) is 6.20 Å². The first-order valence-electron chi connectivity index (χ1n) is 4.94. The van der Waals surface area contributed by atoms with E-state index < -0.39 is 17.7 Å². The van der Waals surface area contributed by atoms with Gasteiger partial charge in [0.25, 0.3) is 0 Å². The van der Waals surface area contributed by atoms with Crippen LogP contribution in [0, 0.1) is 0 Å². The molecule has 2 heterocycles. The minimum absolute atomic E-state index is 0.0332. The Labute approximate surface area is 104 Å². The van der Waals surface area contributed by atoms with Gasteiger partial charge in [0.1, 0.15) is 6.33 Å². The maximum absolute atomic E-state index is 12.4. The van der Waals surface area contributed by atoms with Crippen molar-refractivity contribution >= 4 is 5.97 Å². The van der Waals surface area contributed by atoms with E-state index in [1.165, 1.54) is 13.2 Å².